The van der Waals surface area contributed by atoms with Crippen LogP contribution in [0, 0.1) is 5.21 Å². The van der Waals surface area contributed by atoms with E-state index in [-0.39, 0.29) is 6.04 Å². The van der Waals surface area contributed by atoms with E-state index in [2.05, 4.69) is 4.90 Å². The number of nitrogens with zero attached hydrogens (tertiary/aromatic N) is 2. The van der Waals surface area contributed by atoms with Crippen molar-refractivity contribution in [1.29, 1.82) is 0 Å². The zero-order valence-corrected chi connectivity index (χ0v) is 10.2. The minimum absolute atomic E-state index is 0.00194. The molecule has 1 aliphatic rings. The molecule has 0 radical (unpaired) electrons. The standard InChI is InChI=1S/C13H20N2O2/c1-11(14-8-4-2-5-9-14)13(16)12-7-3-6-10-15(12)17/h3,6-7,10-11,13,16H,2,4-5,8-9H2,1H3/t11-,13-/m1/s1. The molecular formula is C13H20N2O2. The van der Waals surface area contributed by atoms with E-state index < -0.39 is 6.10 Å². The second-order valence-electron chi connectivity index (χ2n) is 4.73. The van der Waals surface area contributed by atoms with E-state index in [0.717, 1.165) is 17.8 Å². The summed E-state index contributed by atoms with van der Waals surface area (Å²) >= 11 is 0. The van der Waals surface area contributed by atoms with Gasteiger partial charge in [0.2, 0.25) is 5.69 Å². The molecule has 4 nitrogen and oxygen atoms in total. The first-order valence-corrected chi connectivity index (χ1v) is 6.30. The van der Waals surface area contributed by atoms with E-state index in [1.165, 1.54) is 25.5 Å². The molecule has 0 saturated carbocycles. The Morgan fingerprint density at radius 1 is 1.29 bits per heavy atom. The van der Waals surface area contributed by atoms with E-state index in [1.807, 2.05) is 6.92 Å². The van der Waals surface area contributed by atoms with Crippen LogP contribution in [0.4, 0.5) is 0 Å². The van der Waals surface area contributed by atoms with Crippen molar-refractivity contribution in [3.05, 3.63) is 35.3 Å². The summed E-state index contributed by atoms with van der Waals surface area (Å²) in [6.45, 7) is 4.02. The zero-order valence-electron chi connectivity index (χ0n) is 10.2. The Bertz CT molecular complexity index is 364. The van der Waals surface area contributed by atoms with Gasteiger partial charge in [-0.3, -0.25) is 4.90 Å². The molecule has 0 unspecified atom stereocenters. The van der Waals surface area contributed by atoms with Crippen LogP contribution in [0.1, 0.15) is 38.0 Å². The van der Waals surface area contributed by atoms with Gasteiger partial charge in [0.05, 0.1) is 0 Å². The summed E-state index contributed by atoms with van der Waals surface area (Å²) < 4.78 is 0.755. The number of piperidine rings is 1. The largest absolute Gasteiger partial charge is 0.618 e. The van der Waals surface area contributed by atoms with Crippen LogP contribution in [0.25, 0.3) is 0 Å². The fraction of sp³-hybridized carbons (Fsp3) is 0.615. The SMILES string of the molecule is C[C@H]([C@@H](O)c1cccc[n+]1[O-])N1CCCCC1. The number of aliphatic hydroxyl groups excluding tert-OH is 1. The summed E-state index contributed by atoms with van der Waals surface area (Å²) in [5.41, 5.74) is 0.436. The smallest absolute Gasteiger partial charge is 0.222 e. The minimum Gasteiger partial charge on any atom is -0.618 e. The first-order chi connectivity index (χ1) is 8.20. The Hall–Kier alpha value is -1.13. The number of hydrogen-bond donors (Lipinski definition) is 1. The van der Waals surface area contributed by atoms with Crippen LogP contribution in [-0.4, -0.2) is 29.1 Å². The van der Waals surface area contributed by atoms with Gasteiger partial charge in [0, 0.05) is 18.2 Å². The average Bonchev–Trinajstić information content (AvgIpc) is 2.39. The monoisotopic (exact) mass is 236 g/mol. The molecule has 0 aliphatic carbocycles. The number of likely N-dealkylation sites (tertiary alicyclic amines) is 1. The molecule has 0 bridgehead atoms. The maximum absolute atomic E-state index is 11.6. The molecule has 1 fully saturated rings. The molecule has 1 aromatic heterocycles. The predicted octanol–water partition coefficient (Wildman–Crippen LogP) is 1.23. The highest BCUT2D eigenvalue weighted by molar-refractivity contribution is 5.03. The maximum atomic E-state index is 11.6. The molecule has 4 heteroatoms. The predicted molar refractivity (Wildman–Crippen MR) is 65.2 cm³/mol. The van der Waals surface area contributed by atoms with E-state index in [4.69, 9.17) is 0 Å². The van der Waals surface area contributed by atoms with Crippen molar-refractivity contribution in [2.75, 3.05) is 13.1 Å². The van der Waals surface area contributed by atoms with Crippen molar-refractivity contribution >= 4 is 0 Å². The molecule has 2 rings (SSSR count). The van der Waals surface area contributed by atoms with Crippen LogP contribution in [0.15, 0.2) is 24.4 Å². The van der Waals surface area contributed by atoms with Gasteiger partial charge < -0.3 is 10.3 Å². The van der Waals surface area contributed by atoms with E-state index in [9.17, 15) is 10.3 Å². The van der Waals surface area contributed by atoms with Crippen LogP contribution < -0.4 is 4.73 Å². The van der Waals surface area contributed by atoms with Crippen LogP contribution in [0.3, 0.4) is 0 Å². The van der Waals surface area contributed by atoms with Crippen LogP contribution in [0.5, 0.6) is 0 Å². The lowest BCUT2D eigenvalue weighted by molar-refractivity contribution is -0.619. The van der Waals surface area contributed by atoms with Crippen molar-refractivity contribution in [3.63, 3.8) is 0 Å². The summed E-state index contributed by atoms with van der Waals surface area (Å²) in [4.78, 5) is 2.27. The van der Waals surface area contributed by atoms with Gasteiger partial charge in [-0.2, -0.15) is 4.73 Å². The van der Waals surface area contributed by atoms with Gasteiger partial charge in [-0.1, -0.05) is 6.42 Å². The molecule has 0 aromatic carbocycles. The third kappa shape index (κ3) is 2.76. The van der Waals surface area contributed by atoms with Gasteiger partial charge in [-0.25, -0.2) is 0 Å². The molecule has 2 atom stereocenters. The highest BCUT2D eigenvalue weighted by atomic mass is 16.5. The van der Waals surface area contributed by atoms with Gasteiger partial charge in [-0.05, 0) is 38.9 Å². The highest BCUT2D eigenvalue weighted by Gasteiger charge is 2.28. The lowest BCUT2D eigenvalue weighted by Gasteiger charge is -2.34. The lowest BCUT2D eigenvalue weighted by atomic mass is 10.0. The minimum atomic E-state index is -0.716. The third-order valence-electron chi connectivity index (χ3n) is 3.58. The van der Waals surface area contributed by atoms with Crippen molar-refractivity contribution in [1.82, 2.24) is 4.90 Å². The van der Waals surface area contributed by atoms with Crippen molar-refractivity contribution < 1.29 is 9.84 Å². The Morgan fingerprint density at radius 3 is 2.65 bits per heavy atom. The summed E-state index contributed by atoms with van der Waals surface area (Å²) in [5.74, 6) is 0. The first-order valence-electron chi connectivity index (χ1n) is 6.30. The highest BCUT2D eigenvalue weighted by Crippen LogP contribution is 2.21. The number of rotatable bonds is 3. The maximum Gasteiger partial charge on any atom is 0.222 e. The lowest BCUT2D eigenvalue weighted by Crippen LogP contribution is -2.44. The van der Waals surface area contributed by atoms with Gasteiger partial charge in [-0.15, -0.1) is 0 Å². The van der Waals surface area contributed by atoms with Crippen molar-refractivity contribution in [2.24, 2.45) is 0 Å². The van der Waals surface area contributed by atoms with E-state index >= 15 is 0 Å². The quantitative estimate of drug-likeness (QED) is 0.634. The molecule has 1 aromatic rings. The fourth-order valence-electron chi connectivity index (χ4n) is 2.44. The molecular weight excluding hydrogens is 216 g/mol. The van der Waals surface area contributed by atoms with E-state index in [1.54, 1.807) is 18.2 Å². The molecule has 2 heterocycles. The summed E-state index contributed by atoms with van der Waals surface area (Å²) in [7, 11) is 0. The van der Waals surface area contributed by atoms with Gasteiger partial charge in [0.1, 0.15) is 0 Å². The second-order valence-corrected chi connectivity index (χ2v) is 4.73. The first kappa shape index (κ1) is 12.3. The van der Waals surface area contributed by atoms with Crippen LogP contribution in [-0.2, 0) is 0 Å². The van der Waals surface area contributed by atoms with Crippen LogP contribution >= 0.6 is 0 Å². The Labute approximate surface area is 102 Å². The second kappa shape index (κ2) is 5.47. The van der Waals surface area contributed by atoms with Gasteiger partial charge >= 0.3 is 0 Å². The Kier molecular flexibility index (Phi) is 3.97. The van der Waals surface area contributed by atoms with Crippen molar-refractivity contribution in [2.45, 2.75) is 38.3 Å². The third-order valence-corrected chi connectivity index (χ3v) is 3.58. The van der Waals surface area contributed by atoms with Crippen LogP contribution in [0.2, 0.25) is 0 Å². The van der Waals surface area contributed by atoms with Gasteiger partial charge in [0.25, 0.3) is 0 Å². The molecule has 17 heavy (non-hydrogen) atoms. The molecule has 1 aliphatic heterocycles. The Morgan fingerprint density at radius 2 is 2.00 bits per heavy atom. The zero-order chi connectivity index (χ0) is 12.3. The summed E-state index contributed by atoms with van der Waals surface area (Å²) in [6.07, 6.45) is 4.35. The Balaban J connectivity index is 2.08. The molecule has 1 saturated heterocycles. The molecule has 94 valence electrons. The number of hydrogen-bond acceptors (Lipinski definition) is 3. The normalized spacial score (nSPS) is 21.1. The number of aromatic nitrogens is 1. The van der Waals surface area contributed by atoms with Gasteiger partial charge in [0.15, 0.2) is 12.3 Å². The molecule has 1 N–H and O–H groups in total. The number of aliphatic hydroxyl groups is 1. The fourth-order valence-corrected chi connectivity index (χ4v) is 2.44. The average molecular weight is 236 g/mol. The molecule has 0 amide bonds. The topological polar surface area (TPSA) is 50.4 Å². The number of pyridine rings is 1. The van der Waals surface area contributed by atoms with Crippen molar-refractivity contribution in [3.8, 4) is 0 Å². The van der Waals surface area contributed by atoms with E-state index in [0.29, 0.717) is 5.69 Å². The summed E-state index contributed by atoms with van der Waals surface area (Å²) in [5, 5.41) is 21.8. The summed E-state index contributed by atoms with van der Waals surface area (Å²) in [6, 6.07) is 5.15. The molecule has 0 spiro atoms.